The Kier molecular flexibility index (Phi) is 7.89. The third-order valence-electron chi connectivity index (χ3n) is 5.28. The molecule has 2 aromatic carbocycles. The molecule has 0 bridgehead atoms. The van der Waals surface area contributed by atoms with Gasteiger partial charge >= 0.3 is 0 Å². The number of hydrogen-bond donors (Lipinski definition) is 2. The fraction of sp³-hybridized carbons (Fsp3) is 0.158. The first-order chi connectivity index (χ1) is 15.2. The maximum absolute atomic E-state index is 13.5. The maximum atomic E-state index is 13.5. The fourth-order valence-corrected chi connectivity index (χ4v) is 11.3. The zero-order valence-electron chi connectivity index (χ0n) is 15.6. The molecule has 0 spiro atoms. The van der Waals surface area contributed by atoms with E-state index in [1.54, 1.807) is 18.2 Å². The summed E-state index contributed by atoms with van der Waals surface area (Å²) in [5.41, 5.74) is -0.723. The molecule has 0 saturated carbocycles. The molecule has 2 atom stereocenters. The molecule has 14 heteroatoms. The number of phenolic OH excluding ortho intramolecular Hbond substituents is 1. The summed E-state index contributed by atoms with van der Waals surface area (Å²) in [6, 6.07) is 3.24. The second-order valence-electron chi connectivity index (χ2n) is 7.10. The van der Waals surface area contributed by atoms with Crippen molar-refractivity contribution in [3.63, 3.8) is 0 Å². The van der Waals surface area contributed by atoms with Crippen LogP contribution in [0.1, 0.15) is 17.5 Å². The lowest BCUT2D eigenvalue weighted by Crippen LogP contribution is -2.37. The predicted molar refractivity (Wildman–Crippen MR) is 153 cm³/mol. The number of allylic oxidation sites excluding steroid dienone is 2. The van der Waals surface area contributed by atoms with Crippen LogP contribution in [-0.4, -0.2) is 18.6 Å². The summed E-state index contributed by atoms with van der Waals surface area (Å²) in [4.78, 5) is -0.0239. The average molecular weight is 988 g/mol. The van der Waals surface area contributed by atoms with Gasteiger partial charge < -0.3 is 10.2 Å². The molecular formula is C19H8Br8O5S. The van der Waals surface area contributed by atoms with E-state index < -0.39 is 21.6 Å². The first-order valence-corrected chi connectivity index (χ1v) is 16.4. The highest BCUT2D eigenvalue weighted by molar-refractivity contribution is 9.15. The zero-order chi connectivity index (χ0) is 24.6. The molecule has 1 aliphatic carbocycles. The lowest BCUT2D eigenvalue weighted by molar-refractivity contribution is 0.0830. The van der Waals surface area contributed by atoms with Crippen molar-refractivity contribution in [3.8, 4) is 5.75 Å². The number of aliphatic hydroxyl groups is 1. The van der Waals surface area contributed by atoms with E-state index in [4.69, 9.17) is 4.18 Å². The highest BCUT2D eigenvalue weighted by atomic mass is 79.9. The molecule has 33 heavy (non-hydrogen) atoms. The van der Waals surface area contributed by atoms with Crippen molar-refractivity contribution in [1.29, 1.82) is 0 Å². The molecule has 0 aromatic heterocycles. The van der Waals surface area contributed by atoms with Gasteiger partial charge in [0.05, 0.1) is 17.9 Å². The lowest BCUT2D eigenvalue weighted by Gasteiger charge is -2.38. The monoisotopic (exact) mass is 979 g/mol. The van der Waals surface area contributed by atoms with E-state index >= 15 is 0 Å². The number of phenols is 1. The van der Waals surface area contributed by atoms with Crippen molar-refractivity contribution < 1.29 is 22.8 Å². The Morgan fingerprint density at radius 1 is 0.879 bits per heavy atom. The van der Waals surface area contributed by atoms with Crippen molar-refractivity contribution in [1.82, 2.24) is 0 Å². The number of hydrogen-bond acceptors (Lipinski definition) is 5. The molecule has 176 valence electrons. The van der Waals surface area contributed by atoms with Gasteiger partial charge in [-0.05, 0) is 136 Å². The highest BCUT2D eigenvalue weighted by Crippen LogP contribution is 2.61. The largest absolute Gasteiger partial charge is 0.506 e. The number of benzene rings is 2. The molecular weight excluding hydrogens is 980 g/mol. The van der Waals surface area contributed by atoms with E-state index in [1.165, 1.54) is 0 Å². The summed E-state index contributed by atoms with van der Waals surface area (Å²) in [6.07, 6.45) is 1.96. The van der Waals surface area contributed by atoms with Gasteiger partial charge in [-0.25, -0.2) is 4.18 Å². The van der Waals surface area contributed by atoms with E-state index in [1.807, 2.05) is 0 Å². The predicted octanol–water partition coefficient (Wildman–Crippen LogP) is 9.39. The van der Waals surface area contributed by atoms with Gasteiger partial charge in [0.2, 0.25) is 0 Å². The standard InChI is InChI=1S/C19H8Br8O5S/c20-7-1-5(2-8(21)16(7)28)19(6-3-9(22)17(29)10(23)4-6)11-12(24)13(25)14(26)15(27)18(11)33(30,31)32-19/h1-3,6,28-29H,4H2. The Balaban J connectivity index is 2.19. The minimum Gasteiger partial charge on any atom is -0.506 e. The molecule has 0 fully saturated rings. The molecule has 0 amide bonds. The Morgan fingerprint density at radius 3 is 1.97 bits per heavy atom. The van der Waals surface area contributed by atoms with E-state index in [9.17, 15) is 18.6 Å². The number of aromatic hydroxyl groups is 1. The molecule has 4 rings (SSSR count). The van der Waals surface area contributed by atoms with Crippen LogP contribution in [0, 0.1) is 5.92 Å². The molecule has 1 heterocycles. The fourth-order valence-electron chi connectivity index (χ4n) is 3.86. The van der Waals surface area contributed by atoms with E-state index in [-0.39, 0.29) is 22.8 Å². The topological polar surface area (TPSA) is 83.8 Å². The molecule has 0 saturated heterocycles. The normalized spacial score (nSPS) is 24.1. The van der Waals surface area contributed by atoms with Crippen molar-refractivity contribution in [3.05, 3.63) is 70.9 Å². The van der Waals surface area contributed by atoms with Crippen molar-refractivity contribution in [2.75, 3.05) is 0 Å². The molecule has 5 nitrogen and oxygen atoms in total. The van der Waals surface area contributed by atoms with Gasteiger partial charge in [-0.3, -0.25) is 0 Å². The maximum Gasteiger partial charge on any atom is 0.299 e. The molecule has 2 aliphatic rings. The van der Waals surface area contributed by atoms with Crippen LogP contribution in [0.25, 0.3) is 0 Å². The molecule has 2 N–H and O–H groups in total. The van der Waals surface area contributed by atoms with Crippen LogP contribution in [0.3, 0.4) is 0 Å². The van der Waals surface area contributed by atoms with Crippen molar-refractivity contribution in [2.45, 2.75) is 16.9 Å². The van der Waals surface area contributed by atoms with Gasteiger partial charge in [-0.2, -0.15) is 8.42 Å². The third kappa shape index (κ3) is 4.27. The summed E-state index contributed by atoms with van der Waals surface area (Å²) < 4.78 is 36.5. The van der Waals surface area contributed by atoms with Gasteiger partial charge in [-0.15, -0.1) is 0 Å². The Morgan fingerprint density at radius 2 is 1.42 bits per heavy atom. The van der Waals surface area contributed by atoms with Gasteiger partial charge in [0.25, 0.3) is 10.1 Å². The Labute approximate surface area is 256 Å². The first kappa shape index (κ1) is 27.3. The second-order valence-corrected chi connectivity index (χ2v) is 15.3. The quantitative estimate of drug-likeness (QED) is 0.178. The third-order valence-corrected chi connectivity index (χ3v) is 14.3. The average Bonchev–Trinajstić information content (AvgIpc) is 3.00. The first-order valence-electron chi connectivity index (χ1n) is 8.69. The van der Waals surface area contributed by atoms with Crippen molar-refractivity contribution >= 4 is 138 Å². The van der Waals surface area contributed by atoms with Gasteiger partial charge in [0.1, 0.15) is 22.0 Å². The molecule has 2 unspecified atom stereocenters. The number of rotatable bonds is 2. The molecule has 1 aliphatic heterocycles. The smallest absolute Gasteiger partial charge is 0.299 e. The summed E-state index contributed by atoms with van der Waals surface area (Å²) >= 11 is 27.4. The van der Waals surface area contributed by atoms with Gasteiger partial charge in [0.15, 0.2) is 0 Å². The zero-order valence-corrected chi connectivity index (χ0v) is 29.1. The van der Waals surface area contributed by atoms with Crippen LogP contribution in [-0.2, 0) is 19.9 Å². The van der Waals surface area contributed by atoms with Gasteiger partial charge in [-0.1, -0.05) is 22.0 Å². The number of aliphatic hydroxyl groups excluding tert-OH is 1. The summed E-state index contributed by atoms with van der Waals surface area (Å²) in [5.74, 6) is -0.605. The van der Waals surface area contributed by atoms with Crippen LogP contribution in [0.2, 0.25) is 0 Å². The Hall–Kier alpha value is 1.27. The Bertz CT molecular complexity index is 1380. The lowest BCUT2D eigenvalue weighted by atomic mass is 9.73. The summed E-state index contributed by atoms with van der Waals surface area (Å²) in [6.45, 7) is 0. The van der Waals surface area contributed by atoms with Crippen molar-refractivity contribution in [2.24, 2.45) is 5.92 Å². The van der Waals surface area contributed by atoms with Crippen LogP contribution < -0.4 is 0 Å². The SMILES string of the molecule is O=S1(=O)OC(c2cc(Br)c(O)c(Br)c2)(C2C=C(Br)C(O)=C(Br)C2)c2c(Br)c(Br)c(Br)c(Br)c21. The van der Waals surface area contributed by atoms with Crippen LogP contribution >= 0.6 is 127 Å². The van der Waals surface area contributed by atoms with Crippen LogP contribution in [0.15, 0.2) is 64.7 Å². The van der Waals surface area contributed by atoms with Crippen LogP contribution in [0.4, 0.5) is 0 Å². The number of halogens is 8. The van der Waals surface area contributed by atoms with E-state index in [0.29, 0.717) is 46.9 Å². The highest BCUT2D eigenvalue weighted by Gasteiger charge is 2.57. The molecule has 2 aromatic rings. The van der Waals surface area contributed by atoms with E-state index in [0.717, 1.165) is 0 Å². The minimum atomic E-state index is -4.25. The second kappa shape index (κ2) is 9.54. The molecule has 0 radical (unpaired) electrons. The van der Waals surface area contributed by atoms with E-state index in [2.05, 4.69) is 127 Å². The minimum absolute atomic E-state index is 0.0211. The van der Waals surface area contributed by atoms with Crippen LogP contribution in [0.5, 0.6) is 5.75 Å². The number of fused-ring (bicyclic) bond motifs is 1. The summed E-state index contributed by atoms with van der Waals surface area (Å²) in [5, 5.41) is 20.7. The summed E-state index contributed by atoms with van der Waals surface area (Å²) in [7, 11) is -4.25. The van der Waals surface area contributed by atoms with Gasteiger partial charge in [0, 0.05) is 29.4 Å².